The normalized spacial score (nSPS) is 17.9. The van der Waals surface area contributed by atoms with Gasteiger partial charge in [0.25, 0.3) is 5.91 Å². The van der Waals surface area contributed by atoms with Crippen molar-refractivity contribution in [3.05, 3.63) is 47.8 Å². The van der Waals surface area contributed by atoms with Crippen LogP contribution in [0.2, 0.25) is 0 Å². The van der Waals surface area contributed by atoms with Crippen molar-refractivity contribution < 1.29 is 9.59 Å². The van der Waals surface area contributed by atoms with E-state index in [9.17, 15) is 9.59 Å². The average molecular weight is 370 g/mol. The van der Waals surface area contributed by atoms with E-state index in [2.05, 4.69) is 10.3 Å². The molecule has 8 heteroatoms. The van der Waals surface area contributed by atoms with Crippen molar-refractivity contribution in [2.24, 2.45) is 5.73 Å². The number of hydrogen-bond acceptors (Lipinski definition) is 5. The third kappa shape index (κ3) is 4.51. The number of nitrogens with two attached hydrogens (primary N) is 1. The fourth-order valence-corrected chi connectivity index (χ4v) is 3.35. The second kappa shape index (κ2) is 8.77. The predicted molar refractivity (Wildman–Crippen MR) is 101 cm³/mol. The summed E-state index contributed by atoms with van der Waals surface area (Å²) in [5.41, 5.74) is 6.90. The summed E-state index contributed by atoms with van der Waals surface area (Å²) < 4.78 is 1.56. The number of carbonyl (C=O) groups excluding carboxylic acids is 2. The van der Waals surface area contributed by atoms with Gasteiger partial charge < -0.3 is 15.5 Å². The van der Waals surface area contributed by atoms with E-state index >= 15 is 0 Å². The van der Waals surface area contributed by atoms with Crippen LogP contribution in [-0.2, 0) is 17.9 Å². The summed E-state index contributed by atoms with van der Waals surface area (Å²) in [6.45, 7) is 4.44. The Hall–Kier alpha value is -2.74. The minimum absolute atomic E-state index is 0.0248. The molecule has 1 atom stereocenters. The monoisotopic (exact) mass is 370 g/mol. The highest BCUT2D eigenvalue weighted by atomic mass is 16.2. The Bertz CT molecular complexity index is 776. The van der Waals surface area contributed by atoms with Gasteiger partial charge in [-0.25, -0.2) is 0 Å². The largest absolute Gasteiger partial charge is 0.335 e. The molecule has 2 amide bonds. The molecule has 0 aliphatic carbocycles. The number of amides is 2. The fraction of sp³-hybridized carbons (Fsp3) is 0.474. The van der Waals surface area contributed by atoms with E-state index in [1.54, 1.807) is 15.8 Å². The quantitative estimate of drug-likeness (QED) is 0.814. The van der Waals surface area contributed by atoms with E-state index in [0.29, 0.717) is 44.8 Å². The standard InChI is InChI=1S/C19H26N6O2/c1-2-16-13-23(19(27)17-14-24(11-9-20)22-21-17)10-8-18(26)25(16)12-15-6-4-3-5-7-15/h3-7,14,16H,2,8-13,20H2,1H3. The van der Waals surface area contributed by atoms with Crippen LogP contribution in [-0.4, -0.2) is 62.3 Å². The van der Waals surface area contributed by atoms with Crippen LogP contribution in [0, 0.1) is 0 Å². The van der Waals surface area contributed by atoms with E-state index in [-0.39, 0.29) is 17.9 Å². The number of benzene rings is 1. The highest BCUT2D eigenvalue weighted by Gasteiger charge is 2.31. The van der Waals surface area contributed by atoms with Crippen molar-refractivity contribution >= 4 is 11.8 Å². The minimum Gasteiger partial charge on any atom is -0.335 e. The summed E-state index contributed by atoms with van der Waals surface area (Å²) in [6.07, 6.45) is 2.71. The van der Waals surface area contributed by atoms with Gasteiger partial charge in [-0.1, -0.05) is 42.5 Å². The molecule has 1 aromatic heterocycles. The second-order valence-electron chi connectivity index (χ2n) is 6.73. The lowest BCUT2D eigenvalue weighted by Crippen LogP contribution is -2.43. The summed E-state index contributed by atoms with van der Waals surface area (Å²) in [5.74, 6) is -0.112. The summed E-state index contributed by atoms with van der Waals surface area (Å²) in [5, 5.41) is 7.90. The van der Waals surface area contributed by atoms with Crippen LogP contribution in [0.3, 0.4) is 0 Å². The van der Waals surface area contributed by atoms with Crippen LogP contribution in [0.4, 0.5) is 0 Å². The van der Waals surface area contributed by atoms with Gasteiger partial charge in [-0.2, -0.15) is 0 Å². The average Bonchev–Trinajstić information content (AvgIpc) is 3.09. The fourth-order valence-electron chi connectivity index (χ4n) is 3.35. The van der Waals surface area contributed by atoms with Crippen molar-refractivity contribution in [3.63, 3.8) is 0 Å². The first kappa shape index (κ1) is 19.0. The maximum atomic E-state index is 12.9. The maximum Gasteiger partial charge on any atom is 0.276 e. The third-order valence-corrected chi connectivity index (χ3v) is 4.86. The SMILES string of the molecule is CCC1CN(C(=O)c2cn(CCN)nn2)CCC(=O)N1Cc1ccccc1. The molecular weight excluding hydrogens is 344 g/mol. The van der Waals surface area contributed by atoms with Crippen LogP contribution >= 0.6 is 0 Å². The van der Waals surface area contributed by atoms with E-state index < -0.39 is 0 Å². The molecule has 2 heterocycles. The van der Waals surface area contributed by atoms with Gasteiger partial charge in [0.1, 0.15) is 0 Å². The molecule has 27 heavy (non-hydrogen) atoms. The first-order valence-corrected chi connectivity index (χ1v) is 9.35. The molecule has 2 N–H and O–H groups in total. The summed E-state index contributed by atoms with van der Waals surface area (Å²) in [4.78, 5) is 29.2. The zero-order valence-electron chi connectivity index (χ0n) is 15.6. The zero-order chi connectivity index (χ0) is 19.2. The molecule has 0 bridgehead atoms. The minimum atomic E-state index is -0.189. The highest BCUT2D eigenvalue weighted by Crippen LogP contribution is 2.19. The predicted octanol–water partition coefficient (Wildman–Crippen LogP) is 0.890. The van der Waals surface area contributed by atoms with Crippen molar-refractivity contribution in [1.29, 1.82) is 0 Å². The summed E-state index contributed by atoms with van der Waals surface area (Å²) >= 11 is 0. The van der Waals surface area contributed by atoms with Crippen LogP contribution in [0.1, 0.15) is 35.8 Å². The van der Waals surface area contributed by atoms with Crippen molar-refractivity contribution in [2.45, 2.75) is 38.9 Å². The van der Waals surface area contributed by atoms with E-state index in [0.717, 1.165) is 12.0 Å². The van der Waals surface area contributed by atoms with Crippen LogP contribution in [0.5, 0.6) is 0 Å². The Kier molecular flexibility index (Phi) is 6.18. The van der Waals surface area contributed by atoms with Crippen molar-refractivity contribution in [1.82, 2.24) is 24.8 Å². The highest BCUT2D eigenvalue weighted by molar-refractivity contribution is 5.92. The van der Waals surface area contributed by atoms with Gasteiger partial charge in [-0.05, 0) is 12.0 Å². The Morgan fingerprint density at radius 3 is 2.78 bits per heavy atom. The number of carbonyl (C=O) groups is 2. The van der Waals surface area contributed by atoms with Gasteiger partial charge in [-0.15, -0.1) is 5.10 Å². The van der Waals surface area contributed by atoms with Gasteiger partial charge in [0.2, 0.25) is 5.91 Å². The lowest BCUT2D eigenvalue weighted by Gasteiger charge is -2.31. The lowest BCUT2D eigenvalue weighted by atomic mass is 10.1. The van der Waals surface area contributed by atoms with Gasteiger partial charge in [0, 0.05) is 38.6 Å². The third-order valence-electron chi connectivity index (χ3n) is 4.86. The van der Waals surface area contributed by atoms with Crippen LogP contribution in [0.15, 0.2) is 36.5 Å². The smallest absolute Gasteiger partial charge is 0.276 e. The molecule has 0 radical (unpaired) electrons. The Balaban J connectivity index is 1.74. The Morgan fingerprint density at radius 1 is 1.30 bits per heavy atom. The number of aromatic nitrogens is 3. The first-order chi connectivity index (χ1) is 13.1. The molecule has 1 aromatic carbocycles. The number of nitrogens with zero attached hydrogens (tertiary/aromatic N) is 5. The van der Waals surface area contributed by atoms with Crippen LogP contribution < -0.4 is 5.73 Å². The van der Waals surface area contributed by atoms with Crippen molar-refractivity contribution in [3.8, 4) is 0 Å². The topological polar surface area (TPSA) is 97.4 Å². The molecule has 1 fully saturated rings. The van der Waals surface area contributed by atoms with Gasteiger partial charge >= 0.3 is 0 Å². The molecule has 1 aliphatic heterocycles. The molecule has 144 valence electrons. The van der Waals surface area contributed by atoms with Crippen molar-refractivity contribution in [2.75, 3.05) is 19.6 Å². The van der Waals surface area contributed by atoms with E-state index in [1.165, 1.54) is 0 Å². The summed E-state index contributed by atoms with van der Waals surface area (Å²) in [6, 6.07) is 9.91. The first-order valence-electron chi connectivity index (χ1n) is 9.35. The lowest BCUT2D eigenvalue weighted by molar-refractivity contribution is -0.133. The molecular formula is C19H26N6O2. The van der Waals surface area contributed by atoms with Gasteiger partial charge in [0.15, 0.2) is 5.69 Å². The molecule has 3 rings (SSSR count). The molecule has 0 spiro atoms. The van der Waals surface area contributed by atoms with E-state index in [1.807, 2.05) is 42.2 Å². The molecule has 1 unspecified atom stereocenters. The molecule has 0 saturated carbocycles. The van der Waals surface area contributed by atoms with Gasteiger partial charge in [0.05, 0.1) is 12.7 Å². The maximum absolute atomic E-state index is 12.9. The van der Waals surface area contributed by atoms with E-state index in [4.69, 9.17) is 5.73 Å². The molecule has 8 nitrogen and oxygen atoms in total. The summed E-state index contributed by atoms with van der Waals surface area (Å²) in [7, 11) is 0. The second-order valence-corrected chi connectivity index (χ2v) is 6.73. The van der Waals surface area contributed by atoms with Crippen LogP contribution in [0.25, 0.3) is 0 Å². The Morgan fingerprint density at radius 2 is 2.07 bits per heavy atom. The molecule has 1 aliphatic rings. The number of rotatable bonds is 6. The number of hydrogen-bond donors (Lipinski definition) is 1. The molecule has 2 aromatic rings. The Labute approximate surface area is 158 Å². The van der Waals surface area contributed by atoms with Gasteiger partial charge in [-0.3, -0.25) is 14.3 Å². The zero-order valence-corrected chi connectivity index (χ0v) is 15.6. The molecule has 1 saturated heterocycles.